The Labute approximate surface area is 89.9 Å². The molecule has 0 spiro atoms. The van der Waals surface area contributed by atoms with Gasteiger partial charge in [0, 0.05) is 38.6 Å². The van der Waals surface area contributed by atoms with E-state index >= 15 is 0 Å². The second kappa shape index (κ2) is 4.49. The minimum Gasteiger partial charge on any atom is -0.367 e. The van der Waals surface area contributed by atoms with Crippen molar-refractivity contribution in [1.29, 1.82) is 0 Å². The number of rotatable bonds is 2. The Morgan fingerprint density at radius 3 is 2.73 bits per heavy atom. The molecule has 15 heavy (non-hydrogen) atoms. The zero-order valence-corrected chi connectivity index (χ0v) is 9.07. The highest BCUT2D eigenvalue weighted by Crippen LogP contribution is 2.05. The number of aromatic nitrogens is 1. The molecule has 2 heterocycles. The summed E-state index contributed by atoms with van der Waals surface area (Å²) in [6, 6.07) is 1.95. The van der Waals surface area contributed by atoms with E-state index in [-0.39, 0.29) is 5.91 Å². The third-order valence-electron chi connectivity index (χ3n) is 2.87. The summed E-state index contributed by atoms with van der Waals surface area (Å²) in [5.74, 6) is 0.239. The number of carbonyl (C=O) groups excluding carboxylic acids is 1. The van der Waals surface area contributed by atoms with Crippen LogP contribution in [-0.2, 0) is 11.2 Å². The van der Waals surface area contributed by atoms with E-state index in [4.69, 9.17) is 0 Å². The number of amides is 1. The summed E-state index contributed by atoms with van der Waals surface area (Å²) < 4.78 is 0. The van der Waals surface area contributed by atoms with Gasteiger partial charge < -0.3 is 14.8 Å². The molecule has 1 saturated heterocycles. The largest absolute Gasteiger partial charge is 0.367 e. The van der Waals surface area contributed by atoms with Gasteiger partial charge in [-0.3, -0.25) is 4.79 Å². The van der Waals surface area contributed by atoms with Gasteiger partial charge in [-0.05, 0) is 18.7 Å². The minimum atomic E-state index is 0.239. The smallest absolute Gasteiger partial charge is 0.227 e. The van der Waals surface area contributed by atoms with Crippen molar-refractivity contribution in [3.63, 3.8) is 0 Å². The second-order valence-corrected chi connectivity index (χ2v) is 4.08. The predicted octanol–water partition coefficient (Wildman–Crippen LogP) is 0.331. The Hall–Kier alpha value is -1.29. The lowest BCUT2D eigenvalue weighted by Gasteiger charge is -2.32. The summed E-state index contributed by atoms with van der Waals surface area (Å²) in [5, 5.41) is 0. The third-order valence-corrected chi connectivity index (χ3v) is 2.87. The van der Waals surface area contributed by atoms with Crippen molar-refractivity contribution in [2.75, 3.05) is 33.2 Å². The number of nitrogens with one attached hydrogen (secondary N) is 1. The van der Waals surface area contributed by atoms with E-state index in [0.29, 0.717) is 6.42 Å². The molecule has 4 heteroatoms. The van der Waals surface area contributed by atoms with Crippen molar-refractivity contribution < 1.29 is 4.79 Å². The van der Waals surface area contributed by atoms with E-state index in [1.54, 1.807) is 0 Å². The van der Waals surface area contributed by atoms with Crippen LogP contribution in [0.5, 0.6) is 0 Å². The number of carbonyl (C=O) groups is 1. The van der Waals surface area contributed by atoms with Gasteiger partial charge in [-0.2, -0.15) is 0 Å². The number of hydrogen-bond acceptors (Lipinski definition) is 2. The highest BCUT2D eigenvalue weighted by atomic mass is 16.2. The fourth-order valence-electron chi connectivity index (χ4n) is 1.81. The fourth-order valence-corrected chi connectivity index (χ4v) is 1.81. The van der Waals surface area contributed by atoms with Crippen LogP contribution in [0.3, 0.4) is 0 Å². The standard InChI is InChI=1S/C11H17N3O/c1-13-4-6-14(7-5-13)11(15)8-10-2-3-12-9-10/h2-3,9,12H,4-8H2,1H3. The summed E-state index contributed by atoms with van der Waals surface area (Å²) in [6.45, 7) is 3.69. The van der Waals surface area contributed by atoms with Crippen LogP contribution < -0.4 is 0 Å². The molecule has 0 bridgehead atoms. The van der Waals surface area contributed by atoms with Gasteiger partial charge in [-0.1, -0.05) is 0 Å². The third kappa shape index (κ3) is 2.59. The van der Waals surface area contributed by atoms with Crippen LogP contribution in [0.25, 0.3) is 0 Å². The molecule has 0 saturated carbocycles. The molecule has 1 aliphatic heterocycles. The van der Waals surface area contributed by atoms with E-state index in [2.05, 4.69) is 16.9 Å². The van der Waals surface area contributed by atoms with Crippen LogP contribution in [-0.4, -0.2) is 53.9 Å². The first-order valence-electron chi connectivity index (χ1n) is 5.33. The SMILES string of the molecule is CN1CCN(C(=O)Cc2cc[nH]c2)CC1. The van der Waals surface area contributed by atoms with E-state index in [1.807, 2.05) is 23.4 Å². The van der Waals surface area contributed by atoms with Gasteiger partial charge in [0.25, 0.3) is 0 Å². The topological polar surface area (TPSA) is 39.3 Å². The number of likely N-dealkylation sites (N-methyl/N-ethyl adjacent to an activating group) is 1. The molecule has 0 unspecified atom stereocenters. The average molecular weight is 207 g/mol. The Morgan fingerprint density at radius 1 is 1.40 bits per heavy atom. The number of aromatic amines is 1. The molecule has 0 aromatic carbocycles. The highest BCUT2D eigenvalue weighted by molar-refractivity contribution is 5.78. The lowest BCUT2D eigenvalue weighted by molar-refractivity contribution is -0.132. The Morgan fingerprint density at radius 2 is 2.13 bits per heavy atom. The van der Waals surface area contributed by atoms with Gasteiger partial charge >= 0.3 is 0 Å². The summed E-state index contributed by atoms with van der Waals surface area (Å²) in [6.07, 6.45) is 4.26. The maximum atomic E-state index is 11.9. The van der Waals surface area contributed by atoms with Crippen LogP contribution in [0.4, 0.5) is 0 Å². The molecule has 4 nitrogen and oxygen atoms in total. The fraction of sp³-hybridized carbons (Fsp3) is 0.545. The monoisotopic (exact) mass is 207 g/mol. The maximum absolute atomic E-state index is 11.9. The van der Waals surface area contributed by atoms with Gasteiger partial charge in [-0.15, -0.1) is 0 Å². The summed E-state index contributed by atoms with van der Waals surface area (Å²) >= 11 is 0. The molecule has 1 aromatic heterocycles. The van der Waals surface area contributed by atoms with Crippen LogP contribution in [0, 0.1) is 0 Å². The predicted molar refractivity (Wildman–Crippen MR) is 58.6 cm³/mol. The first-order chi connectivity index (χ1) is 7.25. The lowest BCUT2D eigenvalue weighted by Crippen LogP contribution is -2.47. The molecule has 1 N–H and O–H groups in total. The van der Waals surface area contributed by atoms with Crippen molar-refractivity contribution in [2.45, 2.75) is 6.42 Å². The lowest BCUT2D eigenvalue weighted by atomic mass is 10.2. The second-order valence-electron chi connectivity index (χ2n) is 4.08. The normalized spacial score (nSPS) is 18.1. The zero-order chi connectivity index (χ0) is 10.7. The van der Waals surface area contributed by atoms with Crippen molar-refractivity contribution in [3.8, 4) is 0 Å². The van der Waals surface area contributed by atoms with Crippen LogP contribution in [0.1, 0.15) is 5.56 Å². The van der Waals surface area contributed by atoms with Crippen LogP contribution in [0.15, 0.2) is 18.5 Å². The average Bonchev–Trinajstić information content (AvgIpc) is 2.71. The molecule has 0 radical (unpaired) electrons. The minimum absolute atomic E-state index is 0.239. The number of H-pyrrole nitrogens is 1. The van der Waals surface area contributed by atoms with Gasteiger partial charge in [0.15, 0.2) is 0 Å². The zero-order valence-electron chi connectivity index (χ0n) is 9.07. The molecule has 0 atom stereocenters. The molecular formula is C11H17N3O. The van der Waals surface area contributed by atoms with Crippen LogP contribution in [0.2, 0.25) is 0 Å². The Bertz CT molecular complexity index is 313. The molecule has 0 aliphatic carbocycles. The molecule has 1 amide bonds. The summed E-state index contributed by atoms with van der Waals surface area (Å²) in [5.41, 5.74) is 1.07. The molecule has 2 rings (SSSR count). The quantitative estimate of drug-likeness (QED) is 0.759. The number of piperazine rings is 1. The van der Waals surface area contributed by atoms with Gasteiger partial charge in [0.05, 0.1) is 6.42 Å². The van der Waals surface area contributed by atoms with E-state index in [1.165, 1.54) is 0 Å². The first-order valence-corrected chi connectivity index (χ1v) is 5.33. The van der Waals surface area contributed by atoms with Crippen LogP contribution >= 0.6 is 0 Å². The van der Waals surface area contributed by atoms with Crippen molar-refractivity contribution in [3.05, 3.63) is 24.0 Å². The van der Waals surface area contributed by atoms with Crippen molar-refractivity contribution in [2.24, 2.45) is 0 Å². The molecule has 82 valence electrons. The summed E-state index contributed by atoms with van der Waals surface area (Å²) in [7, 11) is 2.09. The summed E-state index contributed by atoms with van der Waals surface area (Å²) in [4.78, 5) is 19.0. The van der Waals surface area contributed by atoms with Gasteiger partial charge in [0.2, 0.25) is 5.91 Å². The highest BCUT2D eigenvalue weighted by Gasteiger charge is 2.18. The van der Waals surface area contributed by atoms with Gasteiger partial charge in [0.1, 0.15) is 0 Å². The van der Waals surface area contributed by atoms with E-state index < -0.39 is 0 Å². The molecule has 1 aliphatic rings. The maximum Gasteiger partial charge on any atom is 0.227 e. The van der Waals surface area contributed by atoms with E-state index in [0.717, 1.165) is 31.7 Å². The Balaban J connectivity index is 1.86. The van der Waals surface area contributed by atoms with Gasteiger partial charge in [-0.25, -0.2) is 0 Å². The Kier molecular flexibility index (Phi) is 3.06. The first kappa shape index (κ1) is 10.2. The molecule has 1 aromatic rings. The number of hydrogen-bond donors (Lipinski definition) is 1. The molecular weight excluding hydrogens is 190 g/mol. The van der Waals surface area contributed by atoms with E-state index in [9.17, 15) is 4.79 Å². The van der Waals surface area contributed by atoms with Crippen molar-refractivity contribution in [1.82, 2.24) is 14.8 Å². The van der Waals surface area contributed by atoms with Crippen molar-refractivity contribution >= 4 is 5.91 Å². The molecule has 1 fully saturated rings. The number of nitrogens with zero attached hydrogens (tertiary/aromatic N) is 2.